The van der Waals surface area contributed by atoms with E-state index in [-0.39, 0.29) is 38.6 Å². The summed E-state index contributed by atoms with van der Waals surface area (Å²) in [5.41, 5.74) is 1.26. The quantitative estimate of drug-likeness (QED) is 0.333. The molecule has 0 saturated carbocycles. The lowest BCUT2D eigenvalue weighted by molar-refractivity contribution is -0.139. The van der Waals surface area contributed by atoms with Crippen molar-refractivity contribution in [1.82, 2.24) is 4.57 Å². The van der Waals surface area contributed by atoms with Crippen LogP contribution in [-0.4, -0.2) is 42.0 Å². The molecule has 0 radical (unpaired) electrons. The number of methoxy groups -OCH3 is 1. The summed E-state index contributed by atoms with van der Waals surface area (Å²) in [5.74, 6) is -1.94. The Labute approximate surface area is 237 Å². The molecule has 1 atom stereocenters. The highest BCUT2D eigenvalue weighted by molar-refractivity contribution is 7.07. The van der Waals surface area contributed by atoms with Crippen LogP contribution in [0.15, 0.2) is 63.5 Å². The van der Waals surface area contributed by atoms with Crippen LogP contribution in [0.4, 0.5) is 5.69 Å². The summed E-state index contributed by atoms with van der Waals surface area (Å²) >= 11 is 0.992. The number of ether oxygens (including phenoxy) is 3. The maximum Gasteiger partial charge on any atom is 0.338 e. The summed E-state index contributed by atoms with van der Waals surface area (Å²) < 4.78 is 17.4. The highest BCUT2D eigenvalue weighted by atomic mass is 32.1. The van der Waals surface area contributed by atoms with Gasteiger partial charge in [-0.25, -0.2) is 14.7 Å². The molecule has 2 aliphatic heterocycles. The van der Waals surface area contributed by atoms with E-state index in [9.17, 15) is 24.0 Å². The van der Waals surface area contributed by atoms with Crippen molar-refractivity contribution in [3.8, 4) is 11.5 Å². The molecule has 0 aliphatic carbocycles. The van der Waals surface area contributed by atoms with E-state index in [4.69, 9.17) is 14.2 Å². The highest BCUT2D eigenvalue weighted by Gasteiger charge is 2.39. The number of aromatic nitrogens is 1. The Hall–Kier alpha value is -4.84. The molecule has 12 heteroatoms. The second-order valence-corrected chi connectivity index (χ2v) is 10.2. The number of nitrogens with zero attached hydrogens (tertiary/aromatic N) is 3. The van der Waals surface area contributed by atoms with Crippen LogP contribution in [0.25, 0.3) is 5.57 Å². The van der Waals surface area contributed by atoms with Gasteiger partial charge in [-0.3, -0.25) is 23.7 Å². The van der Waals surface area contributed by atoms with Crippen LogP contribution in [0.5, 0.6) is 11.5 Å². The van der Waals surface area contributed by atoms with Crippen LogP contribution in [0.3, 0.4) is 0 Å². The van der Waals surface area contributed by atoms with Gasteiger partial charge in [0.2, 0.25) is 5.91 Å². The van der Waals surface area contributed by atoms with Gasteiger partial charge in [-0.15, -0.1) is 0 Å². The molecule has 2 amide bonds. The first-order valence-electron chi connectivity index (χ1n) is 12.6. The van der Waals surface area contributed by atoms with Crippen molar-refractivity contribution in [3.63, 3.8) is 0 Å². The van der Waals surface area contributed by atoms with Gasteiger partial charge in [-0.2, -0.15) is 0 Å². The average Bonchev–Trinajstić information content (AvgIpc) is 3.40. The van der Waals surface area contributed by atoms with Gasteiger partial charge in [0.05, 0.1) is 42.3 Å². The zero-order valence-corrected chi connectivity index (χ0v) is 23.7. The number of hydrogen-bond donors (Lipinski definition) is 0. The van der Waals surface area contributed by atoms with Crippen molar-refractivity contribution in [2.45, 2.75) is 33.7 Å². The Kier molecular flexibility index (Phi) is 7.18. The number of benzene rings is 2. The largest absolute Gasteiger partial charge is 0.493 e. The number of hydrogen-bond acceptors (Lipinski definition) is 10. The molecule has 41 heavy (non-hydrogen) atoms. The van der Waals surface area contributed by atoms with Crippen molar-refractivity contribution in [1.29, 1.82) is 0 Å². The summed E-state index contributed by atoms with van der Waals surface area (Å²) in [4.78, 5) is 70.7. The number of anilines is 1. The maximum atomic E-state index is 14.2. The van der Waals surface area contributed by atoms with E-state index in [0.29, 0.717) is 22.5 Å². The third-order valence-electron chi connectivity index (χ3n) is 6.62. The number of amides is 2. The van der Waals surface area contributed by atoms with Crippen LogP contribution in [0.1, 0.15) is 44.9 Å². The normalized spacial score (nSPS) is 17.0. The second-order valence-electron chi connectivity index (χ2n) is 9.18. The van der Waals surface area contributed by atoms with Gasteiger partial charge < -0.3 is 14.2 Å². The van der Waals surface area contributed by atoms with Crippen LogP contribution in [-0.2, 0) is 23.9 Å². The van der Waals surface area contributed by atoms with E-state index >= 15 is 0 Å². The van der Waals surface area contributed by atoms with Crippen molar-refractivity contribution in [3.05, 3.63) is 84.5 Å². The van der Waals surface area contributed by atoms with Crippen LogP contribution >= 0.6 is 11.3 Å². The molecule has 1 aromatic heterocycles. The minimum Gasteiger partial charge on any atom is -0.493 e. The minimum absolute atomic E-state index is 0.0800. The fourth-order valence-electron chi connectivity index (χ4n) is 5.00. The van der Waals surface area contributed by atoms with E-state index in [0.717, 1.165) is 16.2 Å². The van der Waals surface area contributed by atoms with Gasteiger partial charge >= 0.3 is 11.9 Å². The van der Waals surface area contributed by atoms with Crippen molar-refractivity contribution >= 4 is 46.4 Å². The Morgan fingerprint density at radius 1 is 1.05 bits per heavy atom. The number of fused-ring (bicyclic) bond motifs is 2. The SMILES string of the molecule is CCOC(=O)C1=C(C)N=c2s/c(=C3\C(=O)N(C(C)=O)c4ccccc43)c(=O)n2C1c1ccc(OC(C)=O)c(OC)c1. The van der Waals surface area contributed by atoms with Crippen molar-refractivity contribution in [2.24, 2.45) is 4.99 Å². The van der Waals surface area contributed by atoms with Gasteiger partial charge in [-0.1, -0.05) is 35.6 Å². The molecular weight excluding hydrogens is 550 g/mol. The topological polar surface area (TPSA) is 134 Å². The summed E-state index contributed by atoms with van der Waals surface area (Å²) in [6.45, 7) is 5.93. The number of carbonyl (C=O) groups is 4. The summed E-state index contributed by atoms with van der Waals surface area (Å²) in [6.07, 6.45) is 0. The first-order chi connectivity index (χ1) is 19.6. The highest BCUT2D eigenvalue weighted by Crippen LogP contribution is 2.37. The van der Waals surface area contributed by atoms with Crippen LogP contribution < -0.4 is 29.3 Å². The summed E-state index contributed by atoms with van der Waals surface area (Å²) in [5, 5.41) is 0. The molecule has 3 heterocycles. The van der Waals surface area contributed by atoms with Gasteiger partial charge in [-0.05, 0) is 37.6 Å². The number of imide groups is 1. The molecule has 210 valence electrons. The number of para-hydroxylation sites is 1. The van der Waals surface area contributed by atoms with E-state index in [2.05, 4.69) is 4.99 Å². The zero-order valence-electron chi connectivity index (χ0n) is 22.8. The fourth-order valence-corrected chi connectivity index (χ4v) is 6.14. The molecule has 11 nitrogen and oxygen atoms in total. The Bertz CT molecular complexity index is 1870. The fraction of sp³-hybridized carbons (Fsp3) is 0.241. The lowest BCUT2D eigenvalue weighted by Crippen LogP contribution is -2.41. The van der Waals surface area contributed by atoms with E-state index in [1.54, 1.807) is 50.2 Å². The van der Waals surface area contributed by atoms with Crippen LogP contribution in [0.2, 0.25) is 0 Å². The molecular formula is C29H25N3O8S. The van der Waals surface area contributed by atoms with Gasteiger partial charge in [0.25, 0.3) is 11.5 Å². The predicted octanol–water partition coefficient (Wildman–Crippen LogP) is 2.00. The second kappa shape index (κ2) is 10.6. The number of carbonyl (C=O) groups excluding carboxylic acids is 4. The summed E-state index contributed by atoms with van der Waals surface area (Å²) in [6, 6.07) is 10.4. The monoisotopic (exact) mass is 575 g/mol. The van der Waals surface area contributed by atoms with Gasteiger partial charge in [0.15, 0.2) is 16.3 Å². The molecule has 1 unspecified atom stereocenters. The average molecular weight is 576 g/mol. The zero-order chi connectivity index (χ0) is 29.6. The Morgan fingerprint density at radius 2 is 1.78 bits per heavy atom. The lowest BCUT2D eigenvalue weighted by atomic mass is 9.95. The van der Waals surface area contributed by atoms with E-state index in [1.807, 2.05) is 0 Å². The molecule has 0 spiro atoms. The first kappa shape index (κ1) is 27.7. The van der Waals surface area contributed by atoms with Crippen molar-refractivity contribution < 1.29 is 33.4 Å². The molecule has 2 aliphatic rings. The van der Waals surface area contributed by atoms with Crippen molar-refractivity contribution in [2.75, 3.05) is 18.6 Å². The molecule has 0 saturated heterocycles. The number of rotatable bonds is 5. The lowest BCUT2D eigenvalue weighted by Gasteiger charge is -2.25. The molecule has 0 bridgehead atoms. The Morgan fingerprint density at radius 3 is 2.44 bits per heavy atom. The van der Waals surface area contributed by atoms with Crippen LogP contribution in [0, 0.1) is 0 Å². The predicted molar refractivity (Wildman–Crippen MR) is 148 cm³/mol. The molecule has 0 fully saturated rings. The third kappa shape index (κ3) is 4.55. The number of thiazole rings is 1. The van der Waals surface area contributed by atoms with E-state index in [1.165, 1.54) is 31.6 Å². The minimum atomic E-state index is -1.00. The Balaban J connectivity index is 1.81. The summed E-state index contributed by atoms with van der Waals surface area (Å²) in [7, 11) is 1.40. The van der Waals surface area contributed by atoms with E-state index < -0.39 is 35.4 Å². The smallest absolute Gasteiger partial charge is 0.338 e. The third-order valence-corrected chi connectivity index (χ3v) is 7.68. The molecule has 0 N–H and O–H groups in total. The standard InChI is InChI=1S/C29H25N3O8S/c1-6-39-28(37)22-14(2)30-29-32(24(22)17-11-12-20(40-16(4)34)21(13-17)38-5)27(36)25(41-29)23-18-9-7-8-10-19(18)31(15(3)33)26(23)35/h7-13,24H,6H2,1-5H3/b25-23-. The number of allylic oxidation sites excluding steroid dienone is 1. The molecule has 5 rings (SSSR count). The molecule has 3 aromatic rings. The molecule has 2 aromatic carbocycles. The van der Waals surface area contributed by atoms with Gasteiger partial charge in [0.1, 0.15) is 4.53 Å². The first-order valence-corrected chi connectivity index (χ1v) is 13.4. The van der Waals surface area contributed by atoms with Gasteiger partial charge in [0, 0.05) is 19.4 Å². The number of esters is 2. The maximum absolute atomic E-state index is 14.2.